The summed E-state index contributed by atoms with van der Waals surface area (Å²) >= 11 is 0. The molecule has 0 saturated carbocycles. The van der Waals surface area contributed by atoms with Gasteiger partial charge in [-0.2, -0.15) is 0 Å². The Morgan fingerprint density at radius 3 is 2.25 bits per heavy atom. The van der Waals surface area contributed by atoms with Crippen LogP contribution in [0.5, 0.6) is 0 Å². The maximum absolute atomic E-state index is 11.7. The third kappa shape index (κ3) is 4.41. The molecule has 0 amide bonds. The van der Waals surface area contributed by atoms with Crippen molar-refractivity contribution in [1.29, 1.82) is 0 Å². The van der Waals surface area contributed by atoms with Gasteiger partial charge in [0.25, 0.3) is 0 Å². The fraction of sp³-hybridized carbons (Fsp3) is 0.333. The summed E-state index contributed by atoms with van der Waals surface area (Å²) in [6.45, 7) is 1.33. The first-order valence-corrected chi connectivity index (χ1v) is 6.94. The van der Waals surface area contributed by atoms with E-state index in [4.69, 9.17) is 9.47 Å². The molecular weight excluding hydrogens is 288 g/mol. The summed E-state index contributed by atoms with van der Waals surface area (Å²) in [6, 6.07) is 2.98. The molecule has 0 heterocycles. The summed E-state index contributed by atoms with van der Waals surface area (Å²) in [5, 5.41) is 0. The quantitative estimate of drug-likeness (QED) is 0.327. The minimum absolute atomic E-state index is 0.0287. The second kappa shape index (κ2) is 6.60. The summed E-state index contributed by atoms with van der Waals surface area (Å²) in [6.07, 6.45) is 0. The molecule has 0 aliphatic rings. The van der Waals surface area contributed by atoms with Gasteiger partial charge in [0.15, 0.2) is 5.78 Å². The fourth-order valence-corrected chi connectivity index (χ4v) is 1.91. The van der Waals surface area contributed by atoms with E-state index in [0.29, 0.717) is 0 Å². The van der Waals surface area contributed by atoms with Crippen LogP contribution in [0.25, 0.3) is 0 Å². The summed E-state index contributed by atoms with van der Waals surface area (Å²) in [5.41, 5.74) is -0.233. The Morgan fingerprint density at radius 2 is 1.75 bits per heavy atom. The lowest BCUT2D eigenvalue weighted by molar-refractivity contribution is 0.0388. The van der Waals surface area contributed by atoms with Gasteiger partial charge in [0.2, 0.25) is 0 Å². The van der Waals surface area contributed by atoms with Crippen molar-refractivity contribution in [2.24, 2.45) is 0 Å². The highest BCUT2D eigenvalue weighted by molar-refractivity contribution is 7.85. The summed E-state index contributed by atoms with van der Waals surface area (Å²) in [7, 11) is -3.35. The van der Waals surface area contributed by atoms with Gasteiger partial charge in [0, 0.05) is 12.7 Å². The van der Waals surface area contributed by atoms with Gasteiger partial charge in [0.05, 0.1) is 17.1 Å². The van der Waals surface area contributed by atoms with Crippen molar-refractivity contribution in [3.05, 3.63) is 29.3 Å². The molecule has 0 aliphatic carbocycles. The number of rotatable bonds is 6. The zero-order valence-electron chi connectivity index (χ0n) is 10.9. The first kappa shape index (κ1) is 16.3. The molecule has 7 nitrogen and oxygen atoms in total. The monoisotopic (exact) mass is 301 g/mol. The normalized spacial score (nSPS) is 11.2. The molecule has 20 heavy (non-hydrogen) atoms. The standard InChI is InChI=1S/C12H14O7S/c1-8(13)9-5-10(12(14)19-4-3-18-2)7-11(6-9)20(15,16)17/h5-7H,3-4H2,1-2H3,(H,15,16,17)/p-1. The Kier molecular flexibility index (Phi) is 5.37. The molecule has 0 radical (unpaired) electrons. The van der Waals surface area contributed by atoms with Crippen LogP contribution in [0.15, 0.2) is 23.1 Å². The molecule has 0 saturated heterocycles. The van der Waals surface area contributed by atoms with Crippen molar-refractivity contribution in [1.82, 2.24) is 0 Å². The van der Waals surface area contributed by atoms with E-state index < -0.39 is 26.8 Å². The molecule has 1 aromatic rings. The molecule has 0 fully saturated rings. The Bertz CT molecular complexity index is 619. The highest BCUT2D eigenvalue weighted by atomic mass is 32.2. The molecule has 1 aromatic carbocycles. The number of hydrogen-bond donors (Lipinski definition) is 0. The number of carbonyl (C=O) groups excluding carboxylic acids is 2. The van der Waals surface area contributed by atoms with Crippen LogP contribution in [0.3, 0.4) is 0 Å². The van der Waals surface area contributed by atoms with Gasteiger partial charge in [-0.15, -0.1) is 0 Å². The van der Waals surface area contributed by atoms with Crippen molar-refractivity contribution >= 4 is 21.9 Å². The number of methoxy groups -OCH3 is 1. The van der Waals surface area contributed by atoms with Gasteiger partial charge in [-0.05, 0) is 25.1 Å². The zero-order chi connectivity index (χ0) is 15.3. The smallest absolute Gasteiger partial charge is 0.338 e. The van der Waals surface area contributed by atoms with Crippen molar-refractivity contribution in [3.8, 4) is 0 Å². The predicted molar refractivity (Wildman–Crippen MR) is 66.6 cm³/mol. The van der Waals surface area contributed by atoms with Crippen LogP contribution in [-0.4, -0.2) is 45.0 Å². The number of ether oxygens (including phenoxy) is 2. The van der Waals surface area contributed by atoms with Crippen LogP contribution in [-0.2, 0) is 19.6 Å². The second-order valence-corrected chi connectivity index (χ2v) is 5.26. The maximum Gasteiger partial charge on any atom is 0.338 e. The molecule has 0 aliphatic heterocycles. The van der Waals surface area contributed by atoms with Gasteiger partial charge in [-0.1, -0.05) is 0 Å². The molecule has 0 atom stereocenters. The van der Waals surface area contributed by atoms with Crippen LogP contribution in [0.2, 0.25) is 0 Å². The van der Waals surface area contributed by atoms with Crippen molar-refractivity contribution in [2.75, 3.05) is 20.3 Å². The largest absolute Gasteiger partial charge is 0.744 e. The van der Waals surface area contributed by atoms with Gasteiger partial charge >= 0.3 is 5.97 Å². The lowest BCUT2D eigenvalue weighted by atomic mass is 10.1. The van der Waals surface area contributed by atoms with Crippen LogP contribution >= 0.6 is 0 Å². The number of Topliss-reactive ketones (excluding diaryl/α,β-unsaturated/α-hetero) is 1. The van der Waals surface area contributed by atoms with Crippen molar-refractivity contribution < 1.29 is 32.0 Å². The Labute approximate surface area is 116 Å². The average Bonchev–Trinajstić information content (AvgIpc) is 2.37. The van der Waals surface area contributed by atoms with E-state index in [1.807, 2.05) is 0 Å². The Balaban J connectivity index is 3.16. The van der Waals surface area contributed by atoms with E-state index in [-0.39, 0.29) is 24.3 Å². The van der Waals surface area contributed by atoms with Gasteiger partial charge < -0.3 is 14.0 Å². The summed E-state index contributed by atoms with van der Waals surface area (Å²) in [5.74, 6) is -1.31. The molecule has 0 unspecified atom stereocenters. The van der Waals surface area contributed by atoms with Crippen molar-refractivity contribution in [2.45, 2.75) is 11.8 Å². The molecule has 8 heteroatoms. The van der Waals surface area contributed by atoms with Crippen LogP contribution < -0.4 is 0 Å². The Morgan fingerprint density at radius 1 is 1.15 bits per heavy atom. The molecular formula is C12H13O7S-. The highest BCUT2D eigenvalue weighted by Gasteiger charge is 2.14. The van der Waals surface area contributed by atoms with E-state index >= 15 is 0 Å². The zero-order valence-corrected chi connectivity index (χ0v) is 11.7. The van der Waals surface area contributed by atoms with Crippen LogP contribution in [0.4, 0.5) is 0 Å². The minimum Gasteiger partial charge on any atom is -0.744 e. The molecule has 0 aromatic heterocycles. The highest BCUT2D eigenvalue weighted by Crippen LogP contribution is 2.16. The second-order valence-electron chi connectivity index (χ2n) is 3.89. The van der Waals surface area contributed by atoms with E-state index in [0.717, 1.165) is 12.1 Å². The van der Waals surface area contributed by atoms with Gasteiger partial charge in [0.1, 0.15) is 16.7 Å². The van der Waals surface area contributed by atoms with E-state index in [2.05, 4.69) is 0 Å². The third-order valence-electron chi connectivity index (χ3n) is 2.36. The van der Waals surface area contributed by atoms with E-state index in [1.54, 1.807) is 0 Å². The van der Waals surface area contributed by atoms with Gasteiger partial charge in [-0.3, -0.25) is 4.79 Å². The first-order chi connectivity index (χ1) is 9.25. The number of ketones is 1. The van der Waals surface area contributed by atoms with Crippen LogP contribution in [0, 0.1) is 0 Å². The van der Waals surface area contributed by atoms with Crippen LogP contribution in [0.1, 0.15) is 27.6 Å². The third-order valence-corrected chi connectivity index (χ3v) is 3.17. The fourth-order valence-electron chi connectivity index (χ4n) is 1.37. The summed E-state index contributed by atoms with van der Waals surface area (Å²) < 4.78 is 42.5. The maximum atomic E-state index is 11.7. The SMILES string of the molecule is COCCOC(=O)c1cc(C(C)=O)cc(S(=O)(=O)[O-])c1. The molecule has 0 N–H and O–H groups in total. The molecule has 110 valence electrons. The minimum atomic E-state index is -4.77. The first-order valence-electron chi connectivity index (χ1n) is 5.53. The molecule has 0 spiro atoms. The lowest BCUT2D eigenvalue weighted by Gasteiger charge is -2.11. The molecule has 1 rings (SSSR count). The van der Waals surface area contributed by atoms with E-state index in [9.17, 15) is 22.6 Å². The number of esters is 1. The van der Waals surface area contributed by atoms with E-state index in [1.165, 1.54) is 20.1 Å². The number of hydrogen-bond acceptors (Lipinski definition) is 7. The van der Waals surface area contributed by atoms with Crippen molar-refractivity contribution in [3.63, 3.8) is 0 Å². The number of benzene rings is 1. The Hall–Kier alpha value is -1.77. The van der Waals surface area contributed by atoms with Gasteiger partial charge in [-0.25, -0.2) is 13.2 Å². The topological polar surface area (TPSA) is 110 Å². The summed E-state index contributed by atoms with van der Waals surface area (Å²) in [4.78, 5) is 22.3. The molecule has 0 bridgehead atoms. The average molecular weight is 301 g/mol. The lowest BCUT2D eigenvalue weighted by Crippen LogP contribution is -2.12. The predicted octanol–water partition coefficient (Wildman–Crippen LogP) is 0.597. The number of carbonyl (C=O) groups is 2.